The van der Waals surface area contributed by atoms with Crippen LogP contribution in [-0.2, 0) is 10.0 Å². The number of nitrogen functional groups attached to an aromatic ring is 1. The minimum atomic E-state index is -3.71. The van der Waals surface area contributed by atoms with E-state index in [2.05, 4.69) is 24.9 Å². The van der Waals surface area contributed by atoms with Crippen LogP contribution in [0.3, 0.4) is 0 Å². The van der Waals surface area contributed by atoms with Crippen molar-refractivity contribution in [2.45, 2.75) is 11.5 Å². The zero-order valence-electron chi connectivity index (χ0n) is 14.8. The van der Waals surface area contributed by atoms with Crippen LogP contribution in [0.4, 0.5) is 11.5 Å². The van der Waals surface area contributed by atoms with Gasteiger partial charge in [0, 0.05) is 11.3 Å². The molecule has 150 valence electrons. The molecule has 1 aliphatic heterocycles. The molecule has 0 bridgehead atoms. The van der Waals surface area contributed by atoms with Gasteiger partial charge in [-0.3, -0.25) is 9.82 Å². The number of nitrogens with two attached hydrogens (primary N) is 1. The van der Waals surface area contributed by atoms with Crippen molar-refractivity contribution >= 4 is 67.5 Å². The molecule has 1 unspecified atom stereocenters. The Labute approximate surface area is 180 Å². The highest BCUT2D eigenvalue weighted by Crippen LogP contribution is 2.35. The number of allylic oxidation sites excluding steroid dienone is 2. The van der Waals surface area contributed by atoms with E-state index in [0.717, 1.165) is 11.8 Å². The van der Waals surface area contributed by atoms with Gasteiger partial charge in [0.05, 0.1) is 21.1 Å². The predicted molar refractivity (Wildman–Crippen MR) is 118 cm³/mol. The Morgan fingerprint density at radius 1 is 1.17 bits per heavy atom. The molecular formula is C17H14Cl2N6O2S2. The SMILES string of the molecule is Cc1nc(-c2ccc(NS(=O)(=O)C3C=C(Cl)C(Cl)=CS3)cc2)nc2n[nH]c(N)c12. The van der Waals surface area contributed by atoms with Crippen LogP contribution in [0.5, 0.6) is 0 Å². The molecule has 0 spiro atoms. The standard InChI is InChI=1S/C17H14Cl2N6O2S2/c1-8-14-15(20)23-24-17(14)22-16(21-8)9-2-4-10(5-3-9)25-29(26,27)13-6-11(18)12(19)7-28-13/h2-7,13,25H,1H3,(H3,20,21,22,23,24). The minimum Gasteiger partial charge on any atom is -0.383 e. The molecule has 2 aromatic heterocycles. The molecule has 8 nitrogen and oxygen atoms in total. The van der Waals surface area contributed by atoms with Crippen molar-refractivity contribution in [2.75, 3.05) is 10.5 Å². The predicted octanol–water partition coefficient (Wildman–Crippen LogP) is 3.93. The normalized spacial score (nSPS) is 17.1. The van der Waals surface area contributed by atoms with E-state index in [1.165, 1.54) is 11.5 Å². The molecule has 12 heteroatoms. The first-order valence-electron chi connectivity index (χ1n) is 8.23. The molecule has 3 heterocycles. The second-order valence-corrected chi connectivity index (χ2v) is 10.1. The Morgan fingerprint density at radius 2 is 1.90 bits per heavy atom. The van der Waals surface area contributed by atoms with Crippen LogP contribution in [0.25, 0.3) is 22.4 Å². The fraction of sp³-hybridized carbons (Fsp3) is 0.118. The number of halogens is 2. The highest BCUT2D eigenvalue weighted by atomic mass is 35.5. The van der Waals surface area contributed by atoms with Gasteiger partial charge >= 0.3 is 0 Å². The van der Waals surface area contributed by atoms with Gasteiger partial charge in [-0.25, -0.2) is 18.4 Å². The van der Waals surface area contributed by atoms with Gasteiger partial charge in [0.25, 0.3) is 0 Å². The molecule has 0 saturated carbocycles. The number of hydrogen-bond acceptors (Lipinski definition) is 7. The maximum atomic E-state index is 12.6. The Bertz CT molecular complexity index is 1270. The minimum absolute atomic E-state index is 0.207. The summed E-state index contributed by atoms with van der Waals surface area (Å²) >= 11 is 12.9. The summed E-state index contributed by atoms with van der Waals surface area (Å²) in [5.41, 5.74) is 8.12. The first-order chi connectivity index (χ1) is 13.7. The van der Waals surface area contributed by atoms with Crippen molar-refractivity contribution in [2.24, 2.45) is 0 Å². The average molecular weight is 469 g/mol. The zero-order chi connectivity index (χ0) is 20.8. The number of nitrogens with zero attached hydrogens (tertiary/aromatic N) is 3. The van der Waals surface area contributed by atoms with Gasteiger partial charge in [0.15, 0.2) is 11.5 Å². The largest absolute Gasteiger partial charge is 0.383 e. The van der Waals surface area contributed by atoms with E-state index in [9.17, 15) is 8.42 Å². The summed E-state index contributed by atoms with van der Waals surface area (Å²) in [5.74, 6) is 0.882. The number of H-pyrrole nitrogens is 1. The highest BCUT2D eigenvalue weighted by Gasteiger charge is 2.27. The summed E-state index contributed by atoms with van der Waals surface area (Å²) in [4.78, 5) is 8.87. The number of aromatic nitrogens is 4. The Balaban J connectivity index is 1.57. The second kappa shape index (κ2) is 7.52. The van der Waals surface area contributed by atoms with Crippen LogP contribution in [0.2, 0.25) is 0 Å². The van der Waals surface area contributed by atoms with Crippen molar-refractivity contribution in [1.82, 2.24) is 20.2 Å². The van der Waals surface area contributed by atoms with E-state index in [1.54, 1.807) is 24.3 Å². The zero-order valence-corrected chi connectivity index (χ0v) is 18.0. The highest BCUT2D eigenvalue weighted by molar-refractivity contribution is 8.15. The second-order valence-electron chi connectivity index (χ2n) is 6.18. The number of thioether (sulfide) groups is 1. The third-order valence-corrected chi connectivity index (χ3v) is 8.15. The van der Waals surface area contributed by atoms with Gasteiger partial charge in [0.1, 0.15) is 10.4 Å². The van der Waals surface area contributed by atoms with Crippen molar-refractivity contribution in [1.29, 1.82) is 0 Å². The number of aromatic amines is 1. The fourth-order valence-corrected chi connectivity index (χ4v) is 5.75. The van der Waals surface area contributed by atoms with Gasteiger partial charge in [-0.2, -0.15) is 5.10 Å². The van der Waals surface area contributed by atoms with Gasteiger partial charge in [-0.1, -0.05) is 23.2 Å². The number of sulfonamides is 1. The number of rotatable bonds is 4. The molecule has 0 saturated heterocycles. The molecule has 4 N–H and O–H groups in total. The molecule has 0 radical (unpaired) electrons. The van der Waals surface area contributed by atoms with Crippen molar-refractivity contribution in [3.63, 3.8) is 0 Å². The molecule has 1 aromatic carbocycles. The lowest BCUT2D eigenvalue weighted by atomic mass is 10.2. The monoisotopic (exact) mass is 468 g/mol. The lowest BCUT2D eigenvalue weighted by molar-refractivity contribution is 0.602. The smallest absolute Gasteiger partial charge is 0.249 e. The van der Waals surface area contributed by atoms with E-state index >= 15 is 0 Å². The average Bonchev–Trinajstić information content (AvgIpc) is 3.05. The van der Waals surface area contributed by atoms with Crippen LogP contribution in [0.1, 0.15) is 5.69 Å². The molecule has 1 atom stereocenters. The van der Waals surface area contributed by atoms with Crippen LogP contribution in [0.15, 0.2) is 45.8 Å². The van der Waals surface area contributed by atoms with E-state index in [0.29, 0.717) is 44.7 Å². The quantitative estimate of drug-likeness (QED) is 0.529. The van der Waals surface area contributed by atoms with E-state index in [1.807, 2.05) is 6.92 Å². The Kier molecular flexibility index (Phi) is 5.19. The molecule has 1 aliphatic rings. The topological polar surface area (TPSA) is 127 Å². The maximum Gasteiger partial charge on any atom is 0.249 e. The summed E-state index contributed by atoms with van der Waals surface area (Å²) in [6.45, 7) is 1.82. The Hall–Kier alpha value is -2.27. The molecule has 3 aromatic rings. The van der Waals surface area contributed by atoms with Gasteiger partial charge in [-0.05, 0) is 42.7 Å². The third kappa shape index (κ3) is 3.93. The Morgan fingerprint density at radius 3 is 2.59 bits per heavy atom. The number of nitrogens with one attached hydrogen (secondary N) is 2. The molecule has 0 amide bonds. The fourth-order valence-electron chi connectivity index (χ4n) is 2.75. The summed E-state index contributed by atoms with van der Waals surface area (Å²) < 4.78 is 26.9. The molecule has 0 aliphatic carbocycles. The lowest BCUT2D eigenvalue weighted by Crippen LogP contribution is -2.24. The van der Waals surface area contributed by atoms with Gasteiger partial charge < -0.3 is 5.73 Å². The number of benzene rings is 1. The number of fused-ring (bicyclic) bond motifs is 1. The molecule has 0 fully saturated rings. The van der Waals surface area contributed by atoms with Crippen LogP contribution in [-0.4, -0.2) is 33.2 Å². The molecule has 29 heavy (non-hydrogen) atoms. The molecule has 4 rings (SSSR count). The maximum absolute atomic E-state index is 12.6. The van der Waals surface area contributed by atoms with Crippen LogP contribution in [0, 0.1) is 6.92 Å². The number of aryl methyl sites for hydroxylation is 1. The summed E-state index contributed by atoms with van der Waals surface area (Å²) in [7, 11) is -3.71. The van der Waals surface area contributed by atoms with E-state index < -0.39 is 14.6 Å². The molecular weight excluding hydrogens is 455 g/mol. The van der Waals surface area contributed by atoms with Gasteiger partial charge in [0.2, 0.25) is 10.0 Å². The summed E-state index contributed by atoms with van der Waals surface area (Å²) in [5, 5.41) is 9.47. The first kappa shape index (κ1) is 20.0. The van der Waals surface area contributed by atoms with Crippen molar-refractivity contribution in [3.05, 3.63) is 51.5 Å². The summed E-state index contributed by atoms with van der Waals surface area (Å²) in [6.07, 6.45) is 1.40. The van der Waals surface area contributed by atoms with Gasteiger partial charge in [-0.15, -0.1) is 11.8 Å². The number of hydrogen-bond donors (Lipinski definition) is 3. The number of anilines is 2. The third-order valence-electron chi connectivity index (χ3n) is 4.15. The lowest BCUT2D eigenvalue weighted by Gasteiger charge is -2.17. The summed E-state index contributed by atoms with van der Waals surface area (Å²) in [6, 6.07) is 6.72. The first-order valence-corrected chi connectivity index (χ1v) is 11.5. The van der Waals surface area contributed by atoms with E-state index in [4.69, 9.17) is 28.9 Å². The van der Waals surface area contributed by atoms with Crippen molar-refractivity contribution in [3.8, 4) is 11.4 Å². The van der Waals surface area contributed by atoms with E-state index in [-0.39, 0.29) is 5.03 Å². The van der Waals surface area contributed by atoms with Crippen LogP contribution < -0.4 is 10.5 Å². The van der Waals surface area contributed by atoms with Crippen LogP contribution >= 0.6 is 35.0 Å². The van der Waals surface area contributed by atoms with Crippen molar-refractivity contribution < 1.29 is 8.42 Å².